The molecule has 2 bridgehead atoms. The number of allylic oxidation sites excluding steroid dienone is 2. The molecule has 25 heavy (non-hydrogen) atoms. The molecule has 1 aromatic heterocycles. The molecule has 1 aromatic carbocycles. The molecule has 3 atom stereocenters. The zero-order chi connectivity index (χ0) is 17.4. The second-order valence-electron chi connectivity index (χ2n) is 7.15. The first-order valence-corrected chi connectivity index (χ1v) is 10.1. The molecule has 3 nitrogen and oxygen atoms in total. The molecule has 1 fully saturated rings. The van der Waals surface area contributed by atoms with E-state index in [-0.39, 0.29) is 6.04 Å². The van der Waals surface area contributed by atoms with Crippen LogP contribution < -0.4 is 4.80 Å². The third-order valence-electron chi connectivity index (χ3n) is 4.90. The molecule has 2 aliphatic carbocycles. The molecule has 1 saturated carbocycles. The number of halogens is 1. The minimum Gasteiger partial charge on any atom is -0.255 e. The molecule has 0 saturated heterocycles. The quantitative estimate of drug-likeness (QED) is 0.520. The van der Waals surface area contributed by atoms with Crippen LogP contribution in [0.3, 0.4) is 0 Å². The summed E-state index contributed by atoms with van der Waals surface area (Å²) in [6, 6.07) is 8.15. The smallest absolute Gasteiger partial charge is 0.206 e. The van der Waals surface area contributed by atoms with E-state index in [0.717, 1.165) is 27.0 Å². The van der Waals surface area contributed by atoms with Gasteiger partial charge in [-0.1, -0.05) is 35.9 Å². The Kier molecular flexibility index (Phi) is 4.65. The highest BCUT2D eigenvalue weighted by Gasteiger charge is 2.34. The van der Waals surface area contributed by atoms with Crippen LogP contribution in [0.5, 0.6) is 0 Å². The number of thiazole rings is 1. The standard InChI is InChI=1S/C20H22ClN3S/c1-13(2)23-20-24(22-11-17-10-14-3-4-16(17)9-14)19(12-25-20)15-5-7-18(21)8-6-15/h3-8,11-14,16-17H,9-10H2,1-2H3. The third-order valence-corrected chi connectivity index (χ3v) is 5.98. The van der Waals surface area contributed by atoms with E-state index in [2.05, 4.69) is 37.6 Å². The van der Waals surface area contributed by atoms with Crippen molar-refractivity contribution in [3.05, 3.63) is 51.6 Å². The van der Waals surface area contributed by atoms with Gasteiger partial charge in [0.05, 0.1) is 5.69 Å². The van der Waals surface area contributed by atoms with Gasteiger partial charge in [0.25, 0.3) is 0 Å². The summed E-state index contributed by atoms with van der Waals surface area (Å²) in [5, 5.41) is 7.73. The van der Waals surface area contributed by atoms with Crippen LogP contribution in [0.4, 0.5) is 0 Å². The summed E-state index contributed by atoms with van der Waals surface area (Å²) in [6.07, 6.45) is 9.38. The molecule has 4 rings (SSSR count). The predicted molar refractivity (Wildman–Crippen MR) is 106 cm³/mol. The molecule has 2 aliphatic rings. The SMILES string of the molecule is CC(C)N=c1scc(-c2ccc(Cl)cc2)n1N=CC1CC2C=CC1C2. The van der Waals surface area contributed by atoms with Gasteiger partial charge < -0.3 is 0 Å². The van der Waals surface area contributed by atoms with Crippen molar-refractivity contribution in [1.82, 2.24) is 4.68 Å². The first-order valence-electron chi connectivity index (χ1n) is 8.83. The third kappa shape index (κ3) is 3.51. The van der Waals surface area contributed by atoms with Gasteiger partial charge in [0.15, 0.2) is 0 Å². The molecule has 5 heteroatoms. The monoisotopic (exact) mass is 371 g/mol. The van der Waals surface area contributed by atoms with Gasteiger partial charge in [0.2, 0.25) is 4.80 Å². The largest absolute Gasteiger partial charge is 0.255 e. The van der Waals surface area contributed by atoms with Crippen molar-refractivity contribution in [1.29, 1.82) is 0 Å². The maximum absolute atomic E-state index is 6.04. The molecule has 0 aliphatic heterocycles. The molecule has 0 N–H and O–H groups in total. The Labute approximate surface area is 157 Å². The summed E-state index contributed by atoms with van der Waals surface area (Å²) in [5.74, 6) is 1.97. The van der Waals surface area contributed by atoms with Crippen LogP contribution in [0.15, 0.2) is 51.9 Å². The Morgan fingerprint density at radius 1 is 1.20 bits per heavy atom. The summed E-state index contributed by atoms with van der Waals surface area (Å²) < 4.78 is 1.99. The Bertz CT molecular complexity index is 873. The first kappa shape index (κ1) is 16.8. The summed E-state index contributed by atoms with van der Waals surface area (Å²) in [5.41, 5.74) is 2.17. The lowest BCUT2D eigenvalue weighted by Gasteiger charge is -2.12. The maximum atomic E-state index is 6.04. The van der Waals surface area contributed by atoms with Crippen molar-refractivity contribution in [3.8, 4) is 11.3 Å². The highest BCUT2D eigenvalue weighted by molar-refractivity contribution is 7.07. The topological polar surface area (TPSA) is 29.6 Å². The van der Waals surface area contributed by atoms with Crippen LogP contribution in [-0.2, 0) is 0 Å². The molecule has 130 valence electrons. The van der Waals surface area contributed by atoms with Crippen LogP contribution in [0, 0.1) is 17.8 Å². The summed E-state index contributed by atoms with van der Waals surface area (Å²) >= 11 is 7.67. The fourth-order valence-electron chi connectivity index (χ4n) is 3.69. The second kappa shape index (κ2) is 6.93. The molecule has 2 aromatic rings. The molecule has 0 amide bonds. The van der Waals surface area contributed by atoms with Gasteiger partial charge in [-0.2, -0.15) is 5.10 Å². The number of hydrogen-bond donors (Lipinski definition) is 0. The molecule has 3 unspecified atom stereocenters. The van der Waals surface area contributed by atoms with Crippen molar-refractivity contribution in [2.24, 2.45) is 27.8 Å². The van der Waals surface area contributed by atoms with Gasteiger partial charge in [0, 0.05) is 34.1 Å². The lowest BCUT2D eigenvalue weighted by Crippen LogP contribution is -2.16. The van der Waals surface area contributed by atoms with Crippen LogP contribution in [0.1, 0.15) is 26.7 Å². The van der Waals surface area contributed by atoms with Gasteiger partial charge in [-0.3, -0.25) is 4.99 Å². The fourth-order valence-corrected chi connectivity index (χ4v) is 4.78. The average Bonchev–Trinajstić information content (AvgIpc) is 3.29. The van der Waals surface area contributed by atoms with Crippen molar-refractivity contribution >= 4 is 29.2 Å². The van der Waals surface area contributed by atoms with E-state index in [0.29, 0.717) is 11.8 Å². The molecule has 1 heterocycles. The molecule has 0 radical (unpaired) electrons. The zero-order valence-electron chi connectivity index (χ0n) is 14.5. The van der Waals surface area contributed by atoms with Gasteiger partial charge in [-0.15, -0.1) is 11.3 Å². The summed E-state index contributed by atoms with van der Waals surface area (Å²) in [4.78, 5) is 5.68. The minimum atomic E-state index is 0.239. The number of hydrogen-bond acceptors (Lipinski definition) is 3. The van der Waals surface area contributed by atoms with Crippen LogP contribution in [0.25, 0.3) is 11.3 Å². The summed E-state index contributed by atoms with van der Waals surface area (Å²) in [6.45, 7) is 4.19. The number of nitrogens with zero attached hydrogens (tertiary/aromatic N) is 3. The van der Waals surface area contributed by atoms with Gasteiger partial charge in [0.1, 0.15) is 0 Å². The lowest BCUT2D eigenvalue weighted by atomic mass is 9.95. The highest BCUT2D eigenvalue weighted by atomic mass is 35.5. The highest BCUT2D eigenvalue weighted by Crippen LogP contribution is 2.42. The number of benzene rings is 1. The Balaban J connectivity index is 1.72. The first-order chi connectivity index (χ1) is 12.1. The Hall–Kier alpha value is -1.65. The molecular formula is C20H22ClN3S. The van der Waals surface area contributed by atoms with Gasteiger partial charge in [-0.05, 0) is 50.7 Å². The fraction of sp³-hybridized carbons (Fsp3) is 0.400. The van der Waals surface area contributed by atoms with E-state index in [9.17, 15) is 0 Å². The van der Waals surface area contributed by atoms with Crippen molar-refractivity contribution < 1.29 is 0 Å². The van der Waals surface area contributed by atoms with Crippen molar-refractivity contribution in [2.45, 2.75) is 32.7 Å². The number of aromatic nitrogens is 1. The van der Waals surface area contributed by atoms with E-state index in [1.165, 1.54) is 12.8 Å². The van der Waals surface area contributed by atoms with Crippen LogP contribution >= 0.6 is 22.9 Å². The van der Waals surface area contributed by atoms with E-state index in [4.69, 9.17) is 21.7 Å². The van der Waals surface area contributed by atoms with E-state index < -0.39 is 0 Å². The Morgan fingerprint density at radius 2 is 2.00 bits per heavy atom. The van der Waals surface area contributed by atoms with E-state index >= 15 is 0 Å². The average molecular weight is 372 g/mol. The zero-order valence-corrected chi connectivity index (χ0v) is 16.0. The number of rotatable bonds is 4. The van der Waals surface area contributed by atoms with Crippen LogP contribution in [0.2, 0.25) is 5.02 Å². The van der Waals surface area contributed by atoms with E-state index in [1.54, 1.807) is 11.3 Å². The molecular weight excluding hydrogens is 350 g/mol. The van der Waals surface area contributed by atoms with Crippen molar-refractivity contribution in [2.75, 3.05) is 0 Å². The summed E-state index contributed by atoms with van der Waals surface area (Å²) in [7, 11) is 0. The maximum Gasteiger partial charge on any atom is 0.206 e. The molecule has 0 spiro atoms. The normalized spacial score (nSPS) is 25.8. The van der Waals surface area contributed by atoms with Crippen LogP contribution in [-0.4, -0.2) is 16.9 Å². The lowest BCUT2D eigenvalue weighted by molar-refractivity contribution is 0.589. The predicted octanol–water partition coefficient (Wildman–Crippen LogP) is 5.23. The second-order valence-corrected chi connectivity index (χ2v) is 8.43. The Morgan fingerprint density at radius 3 is 2.64 bits per heavy atom. The minimum absolute atomic E-state index is 0.239. The van der Waals surface area contributed by atoms with Crippen molar-refractivity contribution in [3.63, 3.8) is 0 Å². The van der Waals surface area contributed by atoms with E-state index in [1.807, 2.05) is 28.9 Å². The van der Waals surface area contributed by atoms with Gasteiger partial charge >= 0.3 is 0 Å². The van der Waals surface area contributed by atoms with Gasteiger partial charge in [-0.25, -0.2) is 4.68 Å². The number of fused-ring (bicyclic) bond motifs is 2.